The molecule has 1 aromatic rings. The molecule has 0 saturated carbocycles. The molecule has 0 aliphatic heterocycles. The van der Waals surface area contributed by atoms with Gasteiger partial charge in [0.15, 0.2) is 0 Å². The lowest BCUT2D eigenvalue weighted by molar-refractivity contribution is 0.362. The maximum absolute atomic E-state index is 5.12. The first kappa shape index (κ1) is 13.1. The van der Waals surface area contributed by atoms with E-state index in [-0.39, 0.29) is 0 Å². The number of likely N-dealkylation sites (N-methyl/N-ethyl adjacent to an activating group) is 1. The molecule has 0 heterocycles. The fourth-order valence-electron chi connectivity index (χ4n) is 1.44. The van der Waals surface area contributed by atoms with Gasteiger partial charge in [0.25, 0.3) is 0 Å². The van der Waals surface area contributed by atoms with Crippen LogP contribution in [0, 0.1) is 0 Å². The first-order chi connectivity index (χ1) is 7.76. The van der Waals surface area contributed by atoms with Crippen molar-refractivity contribution in [2.45, 2.75) is 6.54 Å². The van der Waals surface area contributed by atoms with E-state index in [1.165, 1.54) is 5.56 Å². The lowest BCUT2D eigenvalue weighted by atomic mass is 10.2. The Morgan fingerprint density at radius 3 is 2.50 bits per heavy atom. The van der Waals surface area contributed by atoms with Gasteiger partial charge in [-0.25, -0.2) is 0 Å². The third kappa shape index (κ3) is 4.73. The van der Waals surface area contributed by atoms with Gasteiger partial charge in [0.1, 0.15) is 5.75 Å². The third-order valence-electron chi connectivity index (χ3n) is 2.30. The van der Waals surface area contributed by atoms with Crippen molar-refractivity contribution < 1.29 is 4.74 Å². The predicted octanol–water partition coefficient (Wildman–Crippen LogP) is 2.61. The average Bonchev–Trinajstić information content (AvgIpc) is 2.30. The summed E-state index contributed by atoms with van der Waals surface area (Å²) >= 11 is 4.12. The number of benzene rings is 1. The fraction of sp³-hybridized carbons (Fsp3) is 0.385. The molecule has 16 heavy (non-hydrogen) atoms. The van der Waals surface area contributed by atoms with Gasteiger partial charge in [0.2, 0.25) is 0 Å². The second-order valence-electron chi connectivity index (χ2n) is 3.70. The molecule has 0 saturated heterocycles. The third-order valence-corrected chi connectivity index (χ3v) is 2.51. The monoisotopic (exact) mass is 237 g/mol. The highest BCUT2D eigenvalue weighted by Crippen LogP contribution is 2.12. The molecule has 3 heteroatoms. The van der Waals surface area contributed by atoms with Crippen LogP contribution in [0.15, 0.2) is 36.4 Å². The van der Waals surface area contributed by atoms with E-state index in [4.69, 9.17) is 4.74 Å². The van der Waals surface area contributed by atoms with E-state index in [2.05, 4.69) is 48.9 Å². The summed E-state index contributed by atoms with van der Waals surface area (Å²) in [5, 5.41) is 0. The molecule has 0 atom stereocenters. The van der Waals surface area contributed by atoms with Gasteiger partial charge in [0, 0.05) is 18.8 Å². The van der Waals surface area contributed by atoms with Crippen molar-refractivity contribution in [3.8, 4) is 5.75 Å². The van der Waals surface area contributed by atoms with Crippen molar-refractivity contribution in [1.29, 1.82) is 0 Å². The minimum absolute atomic E-state index is 0.802. The normalized spacial score (nSPS) is 11.2. The topological polar surface area (TPSA) is 12.5 Å². The second kappa shape index (κ2) is 7.36. The number of hydrogen-bond acceptors (Lipinski definition) is 3. The van der Waals surface area contributed by atoms with Gasteiger partial charge in [0.05, 0.1) is 7.11 Å². The van der Waals surface area contributed by atoms with Gasteiger partial charge in [-0.05, 0) is 24.7 Å². The minimum Gasteiger partial charge on any atom is -0.497 e. The molecule has 2 nitrogen and oxygen atoms in total. The number of hydrogen-bond donors (Lipinski definition) is 1. The molecule has 1 aromatic carbocycles. The smallest absolute Gasteiger partial charge is 0.118 e. The maximum Gasteiger partial charge on any atom is 0.118 e. The van der Waals surface area contributed by atoms with Gasteiger partial charge < -0.3 is 4.74 Å². The first-order valence-electron chi connectivity index (χ1n) is 5.33. The number of ether oxygens (including phenoxy) is 1. The fourth-order valence-corrected chi connectivity index (χ4v) is 1.59. The molecular weight excluding hydrogens is 218 g/mol. The summed E-state index contributed by atoms with van der Waals surface area (Å²) < 4.78 is 5.12. The molecule has 0 radical (unpaired) electrons. The largest absolute Gasteiger partial charge is 0.497 e. The highest BCUT2D eigenvalue weighted by molar-refractivity contribution is 7.80. The van der Waals surface area contributed by atoms with Gasteiger partial charge >= 0.3 is 0 Å². The summed E-state index contributed by atoms with van der Waals surface area (Å²) in [4.78, 5) is 2.25. The van der Waals surface area contributed by atoms with Gasteiger partial charge in [-0.3, -0.25) is 4.90 Å². The maximum atomic E-state index is 5.12. The van der Waals surface area contributed by atoms with Crippen LogP contribution in [0.1, 0.15) is 5.56 Å². The van der Waals surface area contributed by atoms with Crippen molar-refractivity contribution in [3.05, 3.63) is 42.0 Å². The highest BCUT2D eigenvalue weighted by Gasteiger charge is 1.98. The van der Waals surface area contributed by atoms with E-state index in [0.717, 1.165) is 24.6 Å². The number of nitrogens with zero attached hydrogens (tertiary/aromatic N) is 1. The molecule has 0 bridgehead atoms. The Morgan fingerprint density at radius 2 is 1.94 bits per heavy atom. The van der Waals surface area contributed by atoms with Crippen LogP contribution in [-0.4, -0.2) is 31.4 Å². The summed E-state index contributed by atoms with van der Waals surface area (Å²) in [6.07, 6.45) is 4.20. The molecule has 0 unspecified atom stereocenters. The molecule has 0 aliphatic carbocycles. The summed E-state index contributed by atoms with van der Waals surface area (Å²) in [5.41, 5.74) is 1.29. The second-order valence-corrected chi connectivity index (χ2v) is 4.06. The minimum atomic E-state index is 0.802. The van der Waals surface area contributed by atoms with Crippen LogP contribution < -0.4 is 4.74 Å². The highest BCUT2D eigenvalue weighted by atomic mass is 32.1. The molecule has 0 fully saturated rings. The molecule has 0 aromatic heterocycles. The van der Waals surface area contributed by atoms with Crippen LogP contribution in [0.4, 0.5) is 0 Å². The standard InChI is InChI=1S/C13H19NOS/c1-14(9-3-4-10-16)11-12-5-7-13(15-2)8-6-12/h3-8,16H,9-11H2,1-2H3. The van der Waals surface area contributed by atoms with E-state index >= 15 is 0 Å². The number of rotatable bonds is 6. The Balaban J connectivity index is 2.43. The van der Waals surface area contributed by atoms with Crippen molar-refractivity contribution in [3.63, 3.8) is 0 Å². The number of thiol groups is 1. The lowest BCUT2D eigenvalue weighted by Gasteiger charge is -2.14. The van der Waals surface area contributed by atoms with Crippen LogP contribution in [0.25, 0.3) is 0 Å². The Morgan fingerprint density at radius 1 is 1.25 bits per heavy atom. The van der Waals surface area contributed by atoms with E-state index < -0.39 is 0 Å². The van der Waals surface area contributed by atoms with Crippen LogP contribution in [0.5, 0.6) is 5.75 Å². The average molecular weight is 237 g/mol. The SMILES string of the molecule is COc1ccc(CN(C)CC=CCS)cc1. The summed E-state index contributed by atoms with van der Waals surface area (Å²) in [5.74, 6) is 1.71. The van der Waals surface area contributed by atoms with E-state index in [1.54, 1.807) is 7.11 Å². The van der Waals surface area contributed by atoms with E-state index in [9.17, 15) is 0 Å². The molecule has 88 valence electrons. The molecule has 0 spiro atoms. The van der Waals surface area contributed by atoms with Crippen LogP contribution >= 0.6 is 12.6 Å². The first-order valence-corrected chi connectivity index (χ1v) is 5.97. The molecule has 0 N–H and O–H groups in total. The summed E-state index contributed by atoms with van der Waals surface area (Å²) in [6, 6.07) is 8.18. The zero-order chi connectivity index (χ0) is 11.8. The Labute approximate surface area is 103 Å². The molecular formula is C13H19NOS. The molecule has 1 rings (SSSR count). The van der Waals surface area contributed by atoms with E-state index in [0.29, 0.717) is 0 Å². The van der Waals surface area contributed by atoms with Crippen LogP contribution in [-0.2, 0) is 6.54 Å². The van der Waals surface area contributed by atoms with Crippen molar-refractivity contribution in [2.24, 2.45) is 0 Å². The van der Waals surface area contributed by atoms with Crippen LogP contribution in [0.3, 0.4) is 0 Å². The quantitative estimate of drug-likeness (QED) is 0.603. The lowest BCUT2D eigenvalue weighted by Crippen LogP contribution is -2.17. The number of methoxy groups -OCH3 is 1. The summed E-state index contributed by atoms with van der Waals surface area (Å²) in [6.45, 7) is 1.90. The van der Waals surface area contributed by atoms with Gasteiger partial charge in [-0.15, -0.1) is 0 Å². The van der Waals surface area contributed by atoms with Crippen molar-refractivity contribution in [1.82, 2.24) is 4.90 Å². The van der Waals surface area contributed by atoms with Gasteiger partial charge in [-0.2, -0.15) is 12.6 Å². The summed E-state index contributed by atoms with van der Waals surface area (Å²) in [7, 11) is 3.79. The van der Waals surface area contributed by atoms with Crippen molar-refractivity contribution in [2.75, 3.05) is 26.5 Å². The molecule has 0 aliphatic rings. The Kier molecular flexibility index (Phi) is 6.04. The van der Waals surface area contributed by atoms with Crippen LogP contribution in [0.2, 0.25) is 0 Å². The Hall–Kier alpha value is -0.930. The predicted molar refractivity (Wildman–Crippen MR) is 72.3 cm³/mol. The van der Waals surface area contributed by atoms with E-state index in [1.807, 2.05) is 12.1 Å². The Bertz CT molecular complexity index is 321. The zero-order valence-corrected chi connectivity index (χ0v) is 10.8. The molecule has 0 amide bonds. The zero-order valence-electron chi connectivity index (χ0n) is 9.89. The van der Waals surface area contributed by atoms with Crippen molar-refractivity contribution >= 4 is 12.6 Å². The van der Waals surface area contributed by atoms with Gasteiger partial charge in [-0.1, -0.05) is 24.3 Å².